The SMILES string of the molecule is CCC(CC)N(C)C(=O)c1ccncc1C#CCCO. The molecule has 0 aliphatic carbocycles. The fourth-order valence-corrected chi connectivity index (χ4v) is 2.09. The Hall–Kier alpha value is -1.86. The first-order valence-electron chi connectivity index (χ1n) is 6.96. The molecule has 1 rings (SSSR count). The van der Waals surface area contributed by atoms with Gasteiger partial charge in [0.05, 0.1) is 17.7 Å². The molecule has 1 aromatic heterocycles. The standard InChI is InChI=1S/C16H22N2O2/c1-4-14(5-2)18(3)16(20)15-9-10-17-12-13(15)8-6-7-11-19/h9-10,12,14,19H,4-5,7,11H2,1-3H3. The van der Waals surface area contributed by atoms with E-state index in [1.54, 1.807) is 23.4 Å². The first-order valence-corrected chi connectivity index (χ1v) is 6.96. The number of pyridine rings is 1. The third kappa shape index (κ3) is 4.07. The maximum absolute atomic E-state index is 12.5. The molecule has 4 heteroatoms. The first kappa shape index (κ1) is 16.2. The second kappa shape index (κ2) is 8.34. The largest absolute Gasteiger partial charge is 0.395 e. The molecule has 4 nitrogen and oxygen atoms in total. The lowest BCUT2D eigenvalue weighted by molar-refractivity contribution is 0.0723. The van der Waals surface area contributed by atoms with E-state index >= 15 is 0 Å². The number of carbonyl (C=O) groups is 1. The average molecular weight is 274 g/mol. The van der Waals surface area contributed by atoms with Gasteiger partial charge in [0.2, 0.25) is 0 Å². The lowest BCUT2D eigenvalue weighted by atomic mass is 10.1. The number of carbonyl (C=O) groups excluding carboxylic acids is 1. The summed E-state index contributed by atoms with van der Waals surface area (Å²) in [5.74, 6) is 5.70. The van der Waals surface area contributed by atoms with Crippen LogP contribution in [0.5, 0.6) is 0 Å². The molecule has 0 aliphatic rings. The van der Waals surface area contributed by atoms with Crippen LogP contribution >= 0.6 is 0 Å². The highest BCUT2D eigenvalue weighted by Crippen LogP contribution is 2.14. The summed E-state index contributed by atoms with van der Waals surface area (Å²) in [6, 6.07) is 1.93. The van der Waals surface area contributed by atoms with Gasteiger partial charge in [0.1, 0.15) is 0 Å². The number of aromatic nitrogens is 1. The zero-order valence-electron chi connectivity index (χ0n) is 12.4. The minimum absolute atomic E-state index is 0.0180. The van der Waals surface area contributed by atoms with Crippen LogP contribution in [0.25, 0.3) is 0 Å². The Kier molecular flexibility index (Phi) is 6.75. The summed E-state index contributed by atoms with van der Waals surface area (Å²) in [6.45, 7) is 4.17. The van der Waals surface area contributed by atoms with Crippen molar-refractivity contribution in [3.8, 4) is 11.8 Å². The molecule has 0 aliphatic heterocycles. The normalized spacial score (nSPS) is 10.1. The Bertz CT molecular complexity index is 499. The maximum Gasteiger partial charge on any atom is 0.255 e. The molecule has 0 unspecified atom stereocenters. The van der Waals surface area contributed by atoms with Gasteiger partial charge in [-0.2, -0.15) is 0 Å². The van der Waals surface area contributed by atoms with Gasteiger partial charge >= 0.3 is 0 Å². The third-order valence-corrected chi connectivity index (χ3v) is 3.32. The van der Waals surface area contributed by atoms with Crippen molar-refractivity contribution in [2.24, 2.45) is 0 Å². The Balaban J connectivity index is 3.02. The summed E-state index contributed by atoms with van der Waals surface area (Å²) < 4.78 is 0. The van der Waals surface area contributed by atoms with Gasteiger partial charge in [0, 0.05) is 31.9 Å². The van der Waals surface area contributed by atoms with Gasteiger partial charge in [-0.1, -0.05) is 25.7 Å². The van der Waals surface area contributed by atoms with Crippen LogP contribution in [0.2, 0.25) is 0 Å². The highest BCUT2D eigenvalue weighted by atomic mass is 16.2. The van der Waals surface area contributed by atoms with E-state index in [4.69, 9.17) is 5.11 Å². The minimum atomic E-state index is -0.0330. The Morgan fingerprint density at radius 3 is 2.75 bits per heavy atom. The molecule has 0 bridgehead atoms. The zero-order chi connectivity index (χ0) is 15.0. The van der Waals surface area contributed by atoms with Gasteiger partial charge in [0.25, 0.3) is 5.91 Å². The van der Waals surface area contributed by atoms with Crippen LogP contribution in [0, 0.1) is 11.8 Å². The van der Waals surface area contributed by atoms with E-state index in [-0.39, 0.29) is 18.6 Å². The minimum Gasteiger partial charge on any atom is -0.395 e. The molecule has 1 heterocycles. The van der Waals surface area contributed by atoms with Crippen LogP contribution in [0.1, 0.15) is 49.0 Å². The quantitative estimate of drug-likeness (QED) is 0.836. The van der Waals surface area contributed by atoms with E-state index in [2.05, 4.69) is 30.7 Å². The van der Waals surface area contributed by atoms with Gasteiger partial charge in [-0.05, 0) is 18.9 Å². The van der Waals surface area contributed by atoms with E-state index < -0.39 is 0 Å². The molecule has 1 N–H and O–H groups in total. The smallest absolute Gasteiger partial charge is 0.255 e. The summed E-state index contributed by atoms with van der Waals surface area (Å²) in [7, 11) is 1.82. The van der Waals surface area contributed by atoms with Crippen molar-refractivity contribution in [2.75, 3.05) is 13.7 Å². The molecule has 0 fully saturated rings. The summed E-state index contributed by atoms with van der Waals surface area (Å²) >= 11 is 0. The van der Waals surface area contributed by atoms with Gasteiger partial charge in [-0.25, -0.2) is 0 Å². The van der Waals surface area contributed by atoms with Crippen LogP contribution in [-0.2, 0) is 0 Å². The van der Waals surface area contributed by atoms with Crippen molar-refractivity contribution in [1.29, 1.82) is 0 Å². The van der Waals surface area contributed by atoms with Crippen LogP contribution in [0.15, 0.2) is 18.5 Å². The van der Waals surface area contributed by atoms with Crippen LogP contribution in [0.4, 0.5) is 0 Å². The molecule has 1 aromatic rings. The Morgan fingerprint density at radius 1 is 1.45 bits per heavy atom. The molecule has 0 aromatic carbocycles. The van der Waals surface area contributed by atoms with Crippen molar-refractivity contribution < 1.29 is 9.90 Å². The molecule has 20 heavy (non-hydrogen) atoms. The van der Waals surface area contributed by atoms with Crippen molar-refractivity contribution in [3.05, 3.63) is 29.6 Å². The summed E-state index contributed by atoms with van der Waals surface area (Å²) in [4.78, 5) is 18.3. The molecule has 0 atom stereocenters. The topological polar surface area (TPSA) is 53.4 Å². The highest BCUT2D eigenvalue weighted by molar-refractivity contribution is 5.96. The molecule has 0 spiro atoms. The third-order valence-electron chi connectivity index (χ3n) is 3.32. The van der Waals surface area contributed by atoms with Crippen LogP contribution < -0.4 is 0 Å². The molecule has 108 valence electrons. The maximum atomic E-state index is 12.5. The molecule has 0 saturated carbocycles. The lowest BCUT2D eigenvalue weighted by Gasteiger charge is -2.26. The van der Waals surface area contributed by atoms with Crippen molar-refractivity contribution >= 4 is 5.91 Å². The average Bonchev–Trinajstić information content (AvgIpc) is 2.48. The number of aliphatic hydroxyl groups is 1. The van der Waals surface area contributed by atoms with Crippen molar-refractivity contribution in [1.82, 2.24) is 9.88 Å². The van der Waals surface area contributed by atoms with Crippen LogP contribution in [0.3, 0.4) is 0 Å². The van der Waals surface area contributed by atoms with Crippen molar-refractivity contribution in [3.63, 3.8) is 0 Å². The van der Waals surface area contributed by atoms with Gasteiger partial charge in [0.15, 0.2) is 0 Å². The second-order valence-electron chi connectivity index (χ2n) is 4.58. The molecule has 0 radical (unpaired) electrons. The van der Waals surface area contributed by atoms with Gasteiger partial charge in [-0.15, -0.1) is 0 Å². The predicted octanol–water partition coefficient (Wildman–Crippen LogP) is 2.08. The van der Waals surface area contributed by atoms with Gasteiger partial charge < -0.3 is 10.0 Å². The second-order valence-corrected chi connectivity index (χ2v) is 4.58. The monoisotopic (exact) mass is 274 g/mol. The summed E-state index contributed by atoms with van der Waals surface area (Å²) in [6.07, 6.45) is 5.44. The summed E-state index contributed by atoms with van der Waals surface area (Å²) in [5, 5.41) is 8.75. The highest BCUT2D eigenvalue weighted by Gasteiger charge is 2.20. The summed E-state index contributed by atoms with van der Waals surface area (Å²) in [5.41, 5.74) is 1.18. The van der Waals surface area contributed by atoms with E-state index in [1.807, 2.05) is 7.05 Å². The van der Waals surface area contributed by atoms with E-state index in [0.717, 1.165) is 12.8 Å². The van der Waals surface area contributed by atoms with E-state index in [9.17, 15) is 4.79 Å². The number of hydrogen-bond acceptors (Lipinski definition) is 3. The number of aliphatic hydroxyl groups excluding tert-OH is 1. The fourth-order valence-electron chi connectivity index (χ4n) is 2.09. The van der Waals surface area contributed by atoms with E-state index in [0.29, 0.717) is 17.5 Å². The predicted molar refractivity (Wildman–Crippen MR) is 79.3 cm³/mol. The molecular formula is C16H22N2O2. The number of nitrogens with zero attached hydrogens (tertiary/aromatic N) is 2. The number of amides is 1. The van der Waals surface area contributed by atoms with Crippen molar-refractivity contribution in [2.45, 2.75) is 39.2 Å². The molecule has 1 amide bonds. The molecule has 0 saturated heterocycles. The number of hydrogen-bond donors (Lipinski definition) is 1. The fraction of sp³-hybridized carbons (Fsp3) is 0.500. The lowest BCUT2D eigenvalue weighted by Crippen LogP contribution is -2.36. The van der Waals surface area contributed by atoms with Gasteiger partial charge in [-0.3, -0.25) is 9.78 Å². The van der Waals surface area contributed by atoms with E-state index in [1.165, 1.54) is 0 Å². The first-order chi connectivity index (χ1) is 9.65. The Morgan fingerprint density at radius 2 is 2.15 bits per heavy atom. The Labute approximate surface area is 120 Å². The zero-order valence-corrected chi connectivity index (χ0v) is 12.4. The molecular weight excluding hydrogens is 252 g/mol. The van der Waals surface area contributed by atoms with Crippen LogP contribution in [-0.4, -0.2) is 40.6 Å². The number of rotatable bonds is 5.